The van der Waals surface area contributed by atoms with Crippen molar-refractivity contribution in [2.45, 2.75) is 24.0 Å². The number of aromatic nitrogens is 1. The lowest BCUT2D eigenvalue weighted by Gasteiger charge is -2.34. The van der Waals surface area contributed by atoms with E-state index in [1.54, 1.807) is 0 Å². The Kier molecular flexibility index (Phi) is 4.64. The average molecular weight is 349 g/mol. The van der Waals surface area contributed by atoms with Crippen molar-refractivity contribution in [3.8, 4) is 0 Å². The molecular formula is C17H23N3O3S. The first-order chi connectivity index (χ1) is 11.4. The first kappa shape index (κ1) is 17.0. The summed E-state index contributed by atoms with van der Waals surface area (Å²) < 4.78 is 23.2. The number of amides is 1. The lowest BCUT2D eigenvalue weighted by molar-refractivity contribution is -0.124. The largest absolute Gasteiger partial charge is 0.361 e. The SMILES string of the molecule is CS(=O)(=O)C1(C(=O)NCCc2c[nH]c3ccccc23)CCNCC1. The van der Waals surface area contributed by atoms with Crippen molar-refractivity contribution in [2.75, 3.05) is 25.9 Å². The van der Waals surface area contributed by atoms with Gasteiger partial charge < -0.3 is 15.6 Å². The zero-order valence-electron chi connectivity index (χ0n) is 13.8. The van der Waals surface area contributed by atoms with Gasteiger partial charge in [-0.05, 0) is 44.0 Å². The Labute approximate surface area is 141 Å². The summed E-state index contributed by atoms with van der Waals surface area (Å²) in [5.41, 5.74) is 2.18. The van der Waals surface area contributed by atoms with Crippen molar-refractivity contribution in [2.24, 2.45) is 0 Å². The first-order valence-corrected chi connectivity index (χ1v) is 10.1. The molecule has 2 heterocycles. The minimum atomic E-state index is -3.46. The van der Waals surface area contributed by atoms with Crippen LogP contribution < -0.4 is 10.6 Å². The highest BCUT2D eigenvalue weighted by molar-refractivity contribution is 7.92. The molecule has 1 aliphatic heterocycles. The lowest BCUT2D eigenvalue weighted by Crippen LogP contribution is -2.57. The van der Waals surface area contributed by atoms with Crippen molar-refractivity contribution in [1.29, 1.82) is 0 Å². The van der Waals surface area contributed by atoms with E-state index >= 15 is 0 Å². The van der Waals surface area contributed by atoms with E-state index in [4.69, 9.17) is 0 Å². The van der Waals surface area contributed by atoms with E-state index in [1.807, 2.05) is 30.5 Å². The van der Waals surface area contributed by atoms with Crippen LogP contribution in [0.25, 0.3) is 10.9 Å². The van der Waals surface area contributed by atoms with Gasteiger partial charge in [-0.25, -0.2) is 8.42 Å². The molecule has 0 atom stereocenters. The van der Waals surface area contributed by atoms with E-state index < -0.39 is 14.6 Å². The van der Waals surface area contributed by atoms with E-state index in [1.165, 1.54) is 0 Å². The molecule has 7 heteroatoms. The fourth-order valence-corrected chi connectivity index (χ4v) is 4.76. The molecule has 0 spiro atoms. The molecule has 0 saturated carbocycles. The van der Waals surface area contributed by atoms with Gasteiger partial charge in [-0.15, -0.1) is 0 Å². The highest BCUT2D eigenvalue weighted by Gasteiger charge is 2.48. The van der Waals surface area contributed by atoms with E-state index in [2.05, 4.69) is 15.6 Å². The fraction of sp³-hybridized carbons (Fsp3) is 0.471. The summed E-state index contributed by atoms with van der Waals surface area (Å²) in [6.45, 7) is 1.51. The number of hydrogen-bond acceptors (Lipinski definition) is 4. The number of carbonyl (C=O) groups excluding carboxylic acids is 1. The van der Waals surface area contributed by atoms with E-state index in [9.17, 15) is 13.2 Å². The average Bonchev–Trinajstić information content (AvgIpc) is 2.98. The van der Waals surface area contributed by atoms with Crippen LogP contribution in [0.3, 0.4) is 0 Å². The summed E-state index contributed by atoms with van der Waals surface area (Å²) in [6.07, 6.45) is 4.41. The predicted molar refractivity (Wildman–Crippen MR) is 94.7 cm³/mol. The quantitative estimate of drug-likeness (QED) is 0.751. The Morgan fingerprint density at radius 2 is 1.96 bits per heavy atom. The molecule has 1 aromatic heterocycles. The van der Waals surface area contributed by atoms with Gasteiger partial charge in [0.25, 0.3) is 0 Å². The van der Waals surface area contributed by atoms with Gasteiger partial charge in [0, 0.05) is 29.9 Å². The molecule has 1 fully saturated rings. The summed E-state index contributed by atoms with van der Waals surface area (Å²) in [5, 5.41) is 7.09. The van der Waals surface area contributed by atoms with Crippen LogP contribution in [0.15, 0.2) is 30.5 Å². The zero-order chi connectivity index (χ0) is 17.2. The number of piperidine rings is 1. The number of rotatable bonds is 5. The van der Waals surface area contributed by atoms with Crippen LogP contribution >= 0.6 is 0 Å². The van der Waals surface area contributed by atoms with Crippen molar-refractivity contribution in [3.63, 3.8) is 0 Å². The van der Waals surface area contributed by atoms with E-state index in [-0.39, 0.29) is 5.91 Å². The number of benzene rings is 1. The molecular weight excluding hydrogens is 326 g/mol. The van der Waals surface area contributed by atoms with Crippen LogP contribution in [0.1, 0.15) is 18.4 Å². The standard InChI is InChI=1S/C17H23N3O3S/c1-24(22,23)17(7-10-18-11-8-17)16(21)19-9-6-13-12-20-15-5-3-2-4-14(13)15/h2-5,12,18,20H,6-11H2,1H3,(H,19,21). The number of nitrogens with one attached hydrogen (secondary N) is 3. The van der Waals surface area contributed by atoms with Crippen molar-refractivity contribution < 1.29 is 13.2 Å². The molecule has 3 N–H and O–H groups in total. The molecule has 24 heavy (non-hydrogen) atoms. The maximum Gasteiger partial charge on any atom is 0.241 e. The third kappa shape index (κ3) is 3.06. The van der Waals surface area contributed by atoms with Crippen LogP contribution in [-0.2, 0) is 21.1 Å². The molecule has 2 aromatic rings. The van der Waals surface area contributed by atoms with Crippen molar-refractivity contribution >= 4 is 26.6 Å². The number of hydrogen-bond donors (Lipinski definition) is 3. The maximum atomic E-state index is 12.6. The second-order valence-electron chi connectivity index (χ2n) is 6.38. The van der Waals surface area contributed by atoms with E-state index in [0.717, 1.165) is 22.7 Å². The molecule has 1 amide bonds. The molecule has 1 aliphatic rings. The van der Waals surface area contributed by atoms with Gasteiger partial charge in [0.1, 0.15) is 0 Å². The predicted octanol–water partition coefficient (Wildman–Crippen LogP) is 0.993. The molecule has 0 radical (unpaired) electrons. The van der Waals surface area contributed by atoms with Gasteiger partial charge in [-0.1, -0.05) is 18.2 Å². The van der Waals surface area contributed by atoms with Crippen molar-refractivity contribution in [3.05, 3.63) is 36.0 Å². The maximum absolute atomic E-state index is 12.6. The summed E-state index contributed by atoms with van der Waals surface area (Å²) in [5.74, 6) is -0.369. The van der Waals surface area contributed by atoms with Gasteiger partial charge in [0.15, 0.2) is 14.6 Å². The number of para-hydroxylation sites is 1. The monoisotopic (exact) mass is 349 g/mol. The van der Waals surface area contributed by atoms with E-state index in [0.29, 0.717) is 38.9 Å². The Morgan fingerprint density at radius 3 is 2.67 bits per heavy atom. The van der Waals surface area contributed by atoms with Crippen molar-refractivity contribution in [1.82, 2.24) is 15.6 Å². The molecule has 0 aliphatic carbocycles. The number of carbonyl (C=O) groups is 1. The Balaban J connectivity index is 1.68. The zero-order valence-corrected chi connectivity index (χ0v) is 14.6. The first-order valence-electron chi connectivity index (χ1n) is 8.18. The molecule has 0 unspecified atom stereocenters. The highest BCUT2D eigenvalue weighted by atomic mass is 32.2. The Morgan fingerprint density at radius 1 is 1.25 bits per heavy atom. The summed E-state index contributed by atoms with van der Waals surface area (Å²) in [7, 11) is -3.46. The topological polar surface area (TPSA) is 91.1 Å². The summed E-state index contributed by atoms with van der Waals surface area (Å²) >= 11 is 0. The van der Waals surface area contributed by atoms with Gasteiger partial charge in [0.05, 0.1) is 0 Å². The summed E-state index contributed by atoms with van der Waals surface area (Å²) in [4.78, 5) is 15.8. The lowest BCUT2D eigenvalue weighted by atomic mass is 9.95. The second kappa shape index (κ2) is 6.57. The molecule has 3 rings (SSSR count). The minimum Gasteiger partial charge on any atom is -0.361 e. The normalized spacial score (nSPS) is 17.7. The third-order valence-electron chi connectivity index (χ3n) is 4.89. The second-order valence-corrected chi connectivity index (χ2v) is 8.71. The Bertz CT molecular complexity index is 836. The molecule has 1 aromatic carbocycles. The van der Waals surface area contributed by atoms with Gasteiger partial charge in [-0.2, -0.15) is 0 Å². The third-order valence-corrected chi connectivity index (χ3v) is 6.90. The van der Waals surface area contributed by atoms with Crippen LogP contribution in [0.2, 0.25) is 0 Å². The molecule has 6 nitrogen and oxygen atoms in total. The van der Waals surface area contributed by atoms with Crippen LogP contribution in [0, 0.1) is 0 Å². The Hall–Kier alpha value is -1.86. The molecule has 130 valence electrons. The molecule has 0 bridgehead atoms. The number of sulfone groups is 1. The minimum absolute atomic E-state index is 0.324. The van der Waals surface area contributed by atoms with Gasteiger partial charge >= 0.3 is 0 Å². The smallest absolute Gasteiger partial charge is 0.241 e. The fourth-order valence-electron chi connectivity index (χ4n) is 3.41. The van der Waals surface area contributed by atoms with Crippen LogP contribution in [-0.4, -0.2) is 49.9 Å². The number of fused-ring (bicyclic) bond motifs is 1. The van der Waals surface area contributed by atoms with Crippen LogP contribution in [0.5, 0.6) is 0 Å². The van der Waals surface area contributed by atoms with Gasteiger partial charge in [-0.3, -0.25) is 4.79 Å². The van der Waals surface area contributed by atoms with Crippen LogP contribution in [0.4, 0.5) is 0 Å². The number of H-pyrrole nitrogens is 1. The summed E-state index contributed by atoms with van der Waals surface area (Å²) in [6, 6.07) is 7.99. The molecule has 1 saturated heterocycles. The number of aromatic amines is 1. The van der Waals surface area contributed by atoms with Gasteiger partial charge in [0.2, 0.25) is 5.91 Å². The highest BCUT2D eigenvalue weighted by Crippen LogP contribution is 2.28.